The van der Waals surface area contributed by atoms with Crippen LogP contribution in [0.2, 0.25) is 0 Å². The van der Waals surface area contributed by atoms with Crippen LogP contribution in [0, 0.1) is 0 Å². The van der Waals surface area contributed by atoms with Crippen molar-refractivity contribution in [1.82, 2.24) is 0 Å². The molecule has 0 aliphatic rings. The zero-order valence-electron chi connectivity index (χ0n) is 39.5. The van der Waals surface area contributed by atoms with E-state index in [0.717, 1.165) is 70.6 Å². The molecule has 0 saturated carbocycles. The van der Waals surface area contributed by atoms with Gasteiger partial charge < -0.3 is 18.9 Å². The Hall–Kier alpha value is -1.28. The molecule has 0 aromatic carbocycles. The third-order valence-electron chi connectivity index (χ3n) is 10.7. The van der Waals surface area contributed by atoms with Gasteiger partial charge in [-0.1, -0.05) is 204 Å². The van der Waals surface area contributed by atoms with Crippen molar-refractivity contribution in [2.45, 2.75) is 225 Å². The topological polar surface area (TPSA) is 91.3 Å². The molecule has 0 bridgehead atoms. The SMILES string of the molecule is CC/C=C\C/C=C\C/C=C\CCCCCCCC(=O)O[C@H](COCCCCCCCCCCCCCCCCCCCCCCCC)COP(=O)(O)OCC[N+](C)(C)C. The van der Waals surface area contributed by atoms with Gasteiger partial charge in [0, 0.05) is 13.0 Å². The number of phosphoric ester groups is 1. The molecule has 0 heterocycles. The highest BCUT2D eigenvalue weighted by Gasteiger charge is 2.26. The highest BCUT2D eigenvalue weighted by atomic mass is 31.2. The fourth-order valence-corrected chi connectivity index (χ4v) is 7.66. The van der Waals surface area contributed by atoms with E-state index in [4.69, 9.17) is 18.5 Å². The van der Waals surface area contributed by atoms with Gasteiger partial charge in [-0.15, -0.1) is 0 Å². The summed E-state index contributed by atoms with van der Waals surface area (Å²) >= 11 is 0. The molecule has 0 saturated heterocycles. The van der Waals surface area contributed by atoms with Gasteiger partial charge in [0.15, 0.2) is 0 Å². The predicted octanol–water partition coefficient (Wildman–Crippen LogP) is 14.9. The number of allylic oxidation sites excluding steroid dienone is 6. The molecule has 0 aliphatic carbocycles. The number of likely N-dealkylation sites (N-methyl/N-ethyl adjacent to an activating group) is 1. The average Bonchev–Trinajstić information content (AvgIpc) is 3.19. The Labute approximate surface area is 365 Å². The van der Waals surface area contributed by atoms with Gasteiger partial charge in [0.2, 0.25) is 0 Å². The highest BCUT2D eigenvalue weighted by Crippen LogP contribution is 2.43. The van der Waals surface area contributed by atoms with Crippen molar-refractivity contribution in [2.75, 3.05) is 54.1 Å². The summed E-state index contributed by atoms with van der Waals surface area (Å²) in [6.45, 7) is 5.52. The van der Waals surface area contributed by atoms with Crippen LogP contribution in [0.3, 0.4) is 0 Å². The molecular weight excluding hydrogens is 758 g/mol. The highest BCUT2D eigenvalue weighted by molar-refractivity contribution is 7.47. The van der Waals surface area contributed by atoms with E-state index in [1.807, 2.05) is 21.1 Å². The second kappa shape index (κ2) is 43.4. The quantitative estimate of drug-likeness (QED) is 0.0214. The molecule has 0 rings (SSSR count). The fraction of sp³-hybridized carbons (Fsp3) is 0.860. The monoisotopic (exact) mass is 855 g/mol. The van der Waals surface area contributed by atoms with Crippen molar-refractivity contribution in [3.8, 4) is 0 Å². The first kappa shape index (κ1) is 57.7. The van der Waals surface area contributed by atoms with Crippen LogP contribution in [0.1, 0.15) is 219 Å². The molecule has 9 heteroatoms. The number of ether oxygens (including phenoxy) is 2. The molecule has 0 aromatic rings. The lowest BCUT2D eigenvalue weighted by atomic mass is 10.0. The Morgan fingerprint density at radius 1 is 0.542 bits per heavy atom. The van der Waals surface area contributed by atoms with Gasteiger partial charge in [-0.2, -0.15) is 0 Å². The average molecular weight is 855 g/mol. The van der Waals surface area contributed by atoms with Crippen LogP contribution in [-0.4, -0.2) is 75.6 Å². The molecule has 0 fully saturated rings. The largest absolute Gasteiger partial charge is 0.472 e. The summed E-state index contributed by atoms with van der Waals surface area (Å²) in [6.07, 6.45) is 51.9. The van der Waals surface area contributed by atoms with Crippen LogP contribution in [-0.2, 0) is 27.9 Å². The Morgan fingerprint density at radius 2 is 0.983 bits per heavy atom. The number of rotatable bonds is 46. The molecule has 348 valence electrons. The van der Waals surface area contributed by atoms with Crippen LogP contribution in [0.5, 0.6) is 0 Å². The lowest BCUT2D eigenvalue weighted by Gasteiger charge is -2.24. The first-order valence-electron chi connectivity index (χ1n) is 24.7. The molecule has 1 N–H and O–H groups in total. The number of esters is 1. The van der Waals surface area contributed by atoms with Crippen molar-refractivity contribution in [2.24, 2.45) is 0 Å². The number of quaternary nitrogens is 1. The Balaban J connectivity index is 4.11. The lowest BCUT2D eigenvalue weighted by Crippen LogP contribution is -2.37. The van der Waals surface area contributed by atoms with E-state index in [1.165, 1.54) is 128 Å². The molecule has 59 heavy (non-hydrogen) atoms. The lowest BCUT2D eigenvalue weighted by molar-refractivity contribution is -0.870. The Kier molecular flexibility index (Phi) is 42.4. The minimum atomic E-state index is -4.28. The standard InChI is InChI=1S/C50H96NO7P/c1-6-8-10-12-14-16-18-20-22-23-24-25-26-27-28-30-32-34-36-38-40-42-45-55-47-49(48-57-59(53,54)56-46-44-51(3,4)5)58-50(52)43-41-39-37-35-33-31-29-21-19-17-15-13-11-9-7-2/h9,11,15,17,21,29,49H,6-8,10,12-14,16,18-20,22-28,30-48H2,1-5H3/p+1/b11-9-,17-15-,29-21-/t49-/m1/s1. The van der Waals surface area contributed by atoms with Gasteiger partial charge in [-0.3, -0.25) is 13.8 Å². The summed E-state index contributed by atoms with van der Waals surface area (Å²) in [5, 5.41) is 0. The van der Waals surface area contributed by atoms with Crippen molar-refractivity contribution >= 4 is 13.8 Å². The van der Waals surface area contributed by atoms with Crippen LogP contribution >= 0.6 is 7.82 Å². The molecule has 0 aliphatic heterocycles. The minimum Gasteiger partial charge on any atom is -0.457 e. The summed E-state index contributed by atoms with van der Waals surface area (Å²) in [7, 11) is 1.66. The summed E-state index contributed by atoms with van der Waals surface area (Å²) in [5.74, 6) is -0.327. The Morgan fingerprint density at radius 3 is 1.47 bits per heavy atom. The number of carbonyl (C=O) groups excluding carboxylic acids is 1. The molecule has 0 radical (unpaired) electrons. The van der Waals surface area contributed by atoms with Gasteiger partial charge in [-0.05, 0) is 44.9 Å². The third-order valence-corrected chi connectivity index (χ3v) is 11.7. The van der Waals surface area contributed by atoms with Gasteiger partial charge in [0.05, 0.1) is 34.4 Å². The third kappa shape index (κ3) is 47.6. The van der Waals surface area contributed by atoms with Crippen molar-refractivity contribution in [3.63, 3.8) is 0 Å². The maximum absolute atomic E-state index is 12.7. The first-order chi connectivity index (χ1) is 28.6. The number of carbonyl (C=O) groups is 1. The molecule has 8 nitrogen and oxygen atoms in total. The molecule has 2 atom stereocenters. The van der Waals surface area contributed by atoms with E-state index in [9.17, 15) is 14.3 Å². The number of hydrogen-bond acceptors (Lipinski definition) is 6. The second-order valence-electron chi connectivity index (χ2n) is 17.8. The zero-order chi connectivity index (χ0) is 43.4. The van der Waals surface area contributed by atoms with Crippen molar-refractivity contribution in [3.05, 3.63) is 36.5 Å². The van der Waals surface area contributed by atoms with Gasteiger partial charge in [0.25, 0.3) is 0 Å². The second-order valence-corrected chi connectivity index (χ2v) is 19.3. The summed E-state index contributed by atoms with van der Waals surface area (Å²) < 4.78 is 35.1. The van der Waals surface area contributed by atoms with E-state index in [0.29, 0.717) is 24.1 Å². The summed E-state index contributed by atoms with van der Waals surface area (Å²) in [5.41, 5.74) is 0. The molecule has 0 aromatic heterocycles. The van der Waals surface area contributed by atoms with E-state index in [2.05, 4.69) is 50.3 Å². The first-order valence-corrected chi connectivity index (χ1v) is 26.2. The molecule has 0 spiro atoms. The van der Waals surface area contributed by atoms with Crippen LogP contribution in [0.25, 0.3) is 0 Å². The molecule has 1 unspecified atom stereocenters. The fourth-order valence-electron chi connectivity index (χ4n) is 6.92. The number of nitrogens with zero attached hydrogens (tertiary/aromatic N) is 1. The van der Waals surface area contributed by atoms with Gasteiger partial charge >= 0.3 is 13.8 Å². The van der Waals surface area contributed by atoms with Crippen LogP contribution < -0.4 is 0 Å². The maximum atomic E-state index is 12.7. The van der Waals surface area contributed by atoms with Gasteiger partial charge in [-0.25, -0.2) is 4.57 Å². The van der Waals surface area contributed by atoms with Crippen LogP contribution in [0.4, 0.5) is 0 Å². The summed E-state index contributed by atoms with van der Waals surface area (Å²) in [4.78, 5) is 22.9. The Bertz CT molecular complexity index is 1040. The van der Waals surface area contributed by atoms with E-state index in [1.54, 1.807) is 0 Å². The predicted molar refractivity (Wildman–Crippen MR) is 252 cm³/mol. The summed E-state index contributed by atoms with van der Waals surface area (Å²) in [6, 6.07) is 0. The van der Waals surface area contributed by atoms with Crippen molar-refractivity contribution < 1.29 is 37.3 Å². The van der Waals surface area contributed by atoms with E-state index >= 15 is 0 Å². The zero-order valence-corrected chi connectivity index (χ0v) is 40.4. The van der Waals surface area contributed by atoms with Crippen molar-refractivity contribution in [1.29, 1.82) is 0 Å². The van der Waals surface area contributed by atoms with Crippen LogP contribution in [0.15, 0.2) is 36.5 Å². The smallest absolute Gasteiger partial charge is 0.457 e. The number of unbranched alkanes of at least 4 members (excludes halogenated alkanes) is 26. The maximum Gasteiger partial charge on any atom is 0.472 e. The normalized spacial score (nSPS) is 13.9. The molecule has 0 amide bonds. The number of phosphoric acid groups is 1. The van der Waals surface area contributed by atoms with E-state index in [-0.39, 0.29) is 25.8 Å². The number of hydrogen-bond donors (Lipinski definition) is 1. The van der Waals surface area contributed by atoms with Gasteiger partial charge in [0.1, 0.15) is 19.3 Å². The van der Waals surface area contributed by atoms with E-state index < -0.39 is 13.9 Å². The molecular formula is C50H97NO7P+. The minimum absolute atomic E-state index is 0.0859.